The fourth-order valence-electron chi connectivity index (χ4n) is 4.19. The molecule has 31 heavy (non-hydrogen) atoms. The predicted molar refractivity (Wildman–Crippen MR) is 110 cm³/mol. The van der Waals surface area contributed by atoms with E-state index in [1.807, 2.05) is 25.3 Å². The molecule has 9 heteroatoms. The Morgan fingerprint density at radius 3 is 2.52 bits per heavy atom. The van der Waals surface area contributed by atoms with Crippen molar-refractivity contribution in [1.82, 2.24) is 9.13 Å². The highest BCUT2D eigenvalue weighted by Crippen LogP contribution is 2.45. The number of halogens is 2. The van der Waals surface area contributed by atoms with Crippen molar-refractivity contribution < 1.29 is 28.2 Å². The third-order valence-corrected chi connectivity index (χ3v) is 5.69. The molecule has 2 aromatic heterocycles. The van der Waals surface area contributed by atoms with Crippen LogP contribution in [0.4, 0.5) is 8.78 Å². The summed E-state index contributed by atoms with van der Waals surface area (Å²) in [5.74, 6) is -1.21. The first-order valence-electron chi connectivity index (χ1n) is 9.67. The Morgan fingerprint density at radius 1 is 1.23 bits per heavy atom. The Kier molecular flexibility index (Phi) is 4.79. The van der Waals surface area contributed by atoms with Gasteiger partial charge in [0.1, 0.15) is 5.56 Å². The first kappa shape index (κ1) is 20.9. The summed E-state index contributed by atoms with van der Waals surface area (Å²) in [6.07, 6.45) is 1.37. The zero-order valence-corrected chi connectivity index (χ0v) is 17.5. The summed E-state index contributed by atoms with van der Waals surface area (Å²) in [5.41, 5.74) is 0.554. The second-order valence-electron chi connectivity index (χ2n) is 8.58. The number of carbonyl (C=O) groups is 1. The van der Waals surface area contributed by atoms with Crippen LogP contribution in [0.1, 0.15) is 37.2 Å². The number of aromatic nitrogens is 2. The maximum Gasteiger partial charge on any atom is 0.387 e. The van der Waals surface area contributed by atoms with Crippen molar-refractivity contribution in [2.24, 2.45) is 5.41 Å². The molecule has 1 aliphatic heterocycles. The molecule has 4 rings (SSSR count). The number of rotatable bonds is 4. The van der Waals surface area contributed by atoms with Crippen LogP contribution in [0.25, 0.3) is 22.3 Å². The molecule has 0 aliphatic carbocycles. The Morgan fingerprint density at radius 2 is 1.94 bits per heavy atom. The van der Waals surface area contributed by atoms with Crippen LogP contribution < -0.4 is 14.9 Å². The molecule has 0 radical (unpaired) electrons. The average Bonchev–Trinajstić information content (AvgIpc) is 3.05. The van der Waals surface area contributed by atoms with Crippen LogP contribution in [-0.4, -0.2) is 33.9 Å². The lowest BCUT2D eigenvalue weighted by Crippen LogP contribution is -2.35. The van der Waals surface area contributed by atoms with Crippen LogP contribution >= 0.6 is 0 Å². The SMILES string of the molecule is COc1ccc2c(cc3n2CC(C(C)(C)C)n2cc(C(=O)O)c(=O)cc2-3)c1OC(F)F. The maximum atomic E-state index is 13.1. The van der Waals surface area contributed by atoms with E-state index in [1.54, 1.807) is 22.8 Å². The van der Waals surface area contributed by atoms with Gasteiger partial charge in [-0.05, 0) is 23.6 Å². The second-order valence-corrected chi connectivity index (χ2v) is 8.58. The lowest BCUT2D eigenvalue weighted by Gasteiger charge is -2.39. The molecule has 0 amide bonds. The number of carboxylic acids is 1. The zero-order valence-electron chi connectivity index (χ0n) is 17.5. The van der Waals surface area contributed by atoms with E-state index in [-0.39, 0.29) is 28.5 Å². The largest absolute Gasteiger partial charge is 0.493 e. The lowest BCUT2D eigenvalue weighted by molar-refractivity contribution is -0.0501. The molecular weight excluding hydrogens is 410 g/mol. The van der Waals surface area contributed by atoms with Gasteiger partial charge in [0.25, 0.3) is 0 Å². The number of nitrogens with zero attached hydrogens (tertiary/aromatic N) is 2. The molecule has 1 unspecified atom stereocenters. The number of fused-ring (bicyclic) bond motifs is 5. The Bertz CT molecular complexity index is 1250. The standard InChI is InChI=1S/C22H22F2N2O5/c1-22(2,3)18-10-25-13-5-6-17(30-4)19(31-21(23)24)11(13)7-14(25)15-8-16(27)12(20(28)29)9-26(15)18/h5-9,18,21H,10H2,1-4H3,(H,28,29). The molecule has 0 bridgehead atoms. The summed E-state index contributed by atoms with van der Waals surface area (Å²) < 4.78 is 39.9. The molecule has 3 aromatic rings. The lowest BCUT2D eigenvalue weighted by atomic mass is 9.85. The van der Waals surface area contributed by atoms with Gasteiger partial charge in [-0.2, -0.15) is 8.78 Å². The van der Waals surface area contributed by atoms with Gasteiger partial charge in [0.2, 0.25) is 0 Å². The molecule has 3 heterocycles. The van der Waals surface area contributed by atoms with Crippen molar-refractivity contribution in [1.29, 1.82) is 0 Å². The van der Waals surface area contributed by atoms with E-state index >= 15 is 0 Å². The number of ether oxygens (including phenoxy) is 2. The highest BCUT2D eigenvalue weighted by atomic mass is 19.3. The monoisotopic (exact) mass is 432 g/mol. The highest BCUT2D eigenvalue weighted by molar-refractivity contribution is 5.94. The van der Waals surface area contributed by atoms with Crippen LogP contribution in [-0.2, 0) is 6.54 Å². The number of aromatic carboxylic acids is 1. The fraction of sp³-hybridized carbons (Fsp3) is 0.364. The minimum absolute atomic E-state index is 0.0831. The molecule has 1 aromatic carbocycles. The van der Waals surface area contributed by atoms with Crippen LogP contribution in [0, 0.1) is 5.41 Å². The molecule has 164 valence electrons. The van der Waals surface area contributed by atoms with E-state index in [2.05, 4.69) is 0 Å². The van der Waals surface area contributed by atoms with E-state index in [1.165, 1.54) is 19.4 Å². The maximum absolute atomic E-state index is 13.1. The van der Waals surface area contributed by atoms with Crippen molar-refractivity contribution in [3.8, 4) is 22.9 Å². The quantitative estimate of drug-likeness (QED) is 0.662. The van der Waals surface area contributed by atoms with Gasteiger partial charge in [0, 0.05) is 24.2 Å². The third kappa shape index (κ3) is 3.34. The van der Waals surface area contributed by atoms with Crippen LogP contribution in [0.3, 0.4) is 0 Å². The van der Waals surface area contributed by atoms with Gasteiger partial charge in [-0.25, -0.2) is 4.79 Å². The molecule has 1 N–H and O–H groups in total. The number of methoxy groups -OCH3 is 1. The van der Waals surface area contributed by atoms with Crippen molar-refractivity contribution in [2.75, 3.05) is 7.11 Å². The minimum Gasteiger partial charge on any atom is -0.493 e. The van der Waals surface area contributed by atoms with Gasteiger partial charge < -0.3 is 23.7 Å². The van der Waals surface area contributed by atoms with Crippen LogP contribution in [0.2, 0.25) is 0 Å². The molecule has 0 fully saturated rings. The van der Waals surface area contributed by atoms with Gasteiger partial charge >= 0.3 is 12.6 Å². The smallest absolute Gasteiger partial charge is 0.387 e. The number of carboxylic acid groups (broad SMARTS) is 1. The zero-order chi connectivity index (χ0) is 22.7. The Hall–Kier alpha value is -3.36. The summed E-state index contributed by atoms with van der Waals surface area (Å²) in [6, 6.07) is 6.09. The summed E-state index contributed by atoms with van der Waals surface area (Å²) in [7, 11) is 1.37. The van der Waals surface area contributed by atoms with Gasteiger partial charge in [0.15, 0.2) is 16.9 Å². The van der Waals surface area contributed by atoms with Crippen molar-refractivity contribution in [3.05, 3.63) is 46.2 Å². The van der Waals surface area contributed by atoms with Gasteiger partial charge in [0.05, 0.1) is 30.1 Å². The van der Waals surface area contributed by atoms with E-state index in [0.29, 0.717) is 28.8 Å². The topological polar surface area (TPSA) is 82.7 Å². The molecular formula is C22H22F2N2O5. The number of hydrogen-bond donors (Lipinski definition) is 1. The summed E-state index contributed by atoms with van der Waals surface area (Å²) in [6.45, 7) is 3.48. The van der Waals surface area contributed by atoms with Crippen LogP contribution in [0.5, 0.6) is 11.5 Å². The molecule has 7 nitrogen and oxygen atoms in total. The number of alkyl halides is 2. The molecule has 0 spiro atoms. The second kappa shape index (κ2) is 7.11. The summed E-state index contributed by atoms with van der Waals surface area (Å²) in [4.78, 5) is 24.0. The van der Waals surface area contributed by atoms with E-state index < -0.39 is 18.0 Å². The summed E-state index contributed by atoms with van der Waals surface area (Å²) in [5, 5.41) is 9.85. The average molecular weight is 432 g/mol. The van der Waals surface area contributed by atoms with E-state index in [9.17, 15) is 23.5 Å². The Balaban J connectivity index is 2.06. The number of hydrogen-bond acceptors (Lipinski definition) is 4. The van der Waals surface area contributed by atoms with E-state index in [4.69, 9.17) is 9.47 Å². The first-order valence-corrected chi connectivity index (χ1v) is 9.67. The molecule has 1 aliphatic rings. The van der Waals surface area contributed by atoms with Crippen LogP contribution in [0.15, 0.2) is 35.3 Å². The molecule has 1 atom stereocenters. The van der Waals surface area contributed by atoms with Crippen molar-refractivity contribution >= 4 is 16.9 Å². The Labute approximate surface area is 176 Å². The highest BCUT2D eigenvalue weighted by Gasteiger charge is 2.35. The fourth-order valence-corrected chi connectivity index (χ4v) is 4.19. The normalized spacial score (nSPS) is 15.6. The van der Waals surface area contributed by atoms with Crippen molar-refractivity contribution in [3.63, 3.8) is 0 Å². The molecule has 0 saturated heterocycles. The minimum atomic E-state index is -3.04. The third-order valence-electron chi connectivity index (χ3n) is 5.69. The molecule has 0 saturated carbocycles. The first-order chi connectivity index (χ1) is 14.5. The predicted octanol–water partition coefficient (Wildman–Crippen LogP) is 4.38. The van der Waals surface area contributed by atoms with E-state index in [0.717, 1.165) is 0 Å². The van der Waals surface area contributed by atoms with Gasteiger partial charge in [-0.3, -0.25) is 4.79 Å². The van der Waals surface area contributed by atoms with Crippen molar-refractivity contribution in [2.45, 2.75) is 40.0 Å². The number of pyridine rings is 1. The number of benzene rings is 1. The summed E-state index contributed by atoms with van der Waals surface area (Å²) >= 11 is 0. The van der Waals surface area contributed by atoms with Gasteiger partial charge in [-0.15, -0.1) is 0 Å². The van der Waals surface area contributed by atoms with Gasteiger partial charge in [-0.1, -0.05) is 20.8 Å².